The van der Waals surface area contributed by atoms with Gasteiger partial charge in [-0.2, -0.15) is 0 Å². The lowest BCUT2D eigenvalue weighted by atomic mass is 10.2. The van der Waals surface area contributed by atoms with E-state index in [2.05, 4.69) is 20.6 Å². The number of nitrogens with one attached hydrogen (secondary N) is 2. The van der Waals surface area contributed by atoms with Gasteiger partial charge in [-0.25, -0.2) is 13.8 Å². The molecule has 2 aromatic carbocycles. The number of rotatable bonds is 6. The van der Waals surface area contributed by atoms with Gasteiger partial charge in [0, 0.05) is 32.4 Å². The highest BCUT2D eigenvalue weighted by Crippen LogP contribution is 2.20. The fourth-order valence-electron chi connectivity index (χ4n) is 2.43. The number of hydrogen-bond acceptors (Lipinski definition) is 3. The van der Waals surface area contributed by atoms with E-state index in [-0.39, 0.29) is 35.6 Å². The van der Waals surface area contributed by atoms with E-state index in [1.54, 1.807) is 43.6 Å². The first-order valence-electron chi connectivity index (χ1n) is 8.70. The first-order chi connectivity index (χ1) is 13.6. The fourth-order valence-corrected chi connectivity index (χ4v) is 2.43. The average molecular weight is 510 g/mol. The summed E-state index contributed by atoms with van der Waals surface area (Å²) in [5, 5.41) is 6.37. The molecule has 1 heterocycles. The molecular weight excluding hydrogens is 489 g/mol. The first-order valence-corrected chi connectivity index (χ1v) is 8.70. The molecule has 0 saturated heterocycles. The quantitative estimate of drug-likeness (QED) is 0.289. The van der Waals surface area contributed by atoms with Crippen LogP contribution in [0.2, 0.25) is 0 Å². The third-order valence-corrected chi connectivity index (χ3v) is 3.89. The summed E-state index contributed by atoms with van der Waals surface area (Å²) in [6.07, 6.45) is 1.64. The molecule has 152 valence electrons. The molecule has 0 amide bonds. The number of aliphatic imine (C=N–C) groups is 1. The first kappa shape index (κ1) is 22.5. The van der Waals surface area contributed by atoms with Crippen molar-refractivity contribution in [2.24, 2.45) is 4.99 Å². The molecule has 3 aromatic rings. The number of guanidine groups is 1. The van der Waals surface area contributed by atoms with Crippen LogP contribution in [0.5, 0.6) is 11.6 Å². The van der Waals surface area contributed by atoms with Crippen molar-refractivity contribution >= 4 is 29.9 Å². The van der Waals surface area contributed by atoms with Gasteiger partial charge in [-0.05, 0) is 53.6 Å². The summed E-state index contributed by atoms with van der Waals surface area (Å²) < 4.78 is 31.6. The Morgan fingerprint density at radius 1 is 0.897 bits per heavy atom. The second kappa shape index (κ2) is 11.3. The summed E-state index contributed by atoms with van der Waals surface area (Å²) in [7, 11) is 1.68. The van der Waals surface area contributed by atoms with Gasteiger partial charge in [0.2, 0.25) is 5.88 Å². The van der Waals surface area contributed by atoms with Crippen LogP contribution in [-0.4, -0.2) is 18.0 Å². The van der Waals surface area contributed by atoms with Crippen molar-refractivity contribution in [1.29, 1.82) is 0 Å². The Kier molecular flexibility index (Phi) is 8.78. The van der Waals surface area contributed by atoms with Crippen LogP contribution in [0.15, 0.2) is 71.9 Å². The second-order valence-corrected chi connectivity index (χ2v) is 5.96. The molecule has 8 heteroatoms. The van der Waals surface area contributed by atoms with Crippen LogP contribution in [0.3, 0.4) is 0 Å². The van der Waals surface area contributed by atoms with Gasteiger partial charge < -0.3 is 15.4 Å². The maximum absolute atomic E-state index is 13.0. The zero-order valence-corrected chi connectivity index (χ0v) is 18.1. The lowest BCUT2D eigenvalue weighted by molar-refractivity contribution is 0.460. The van der Waals surface area contributed by atoms with Gasteiger partial charge in [-0.15, -0.1) is 24.0 Å². The van der Waals surface area contributed by atoms with Crippen LogP contribution < -0.4 is 15.4 Å². The van der Waals surface area contributed by atoms with Crippen molar-refractivity contribution in [3.63, 3.8) is 0 Å². The number of hydrogen-bond donors (Lipinski definition) is 2. The molecule has 0 atom stereocenters. The molecule has 0 radical (unpaired) electrons. The molecule has 0 spiro atoms. The van der Waals surface area contributed by atoms with E-state index in [0.29, 0.717) is 30.7 Å². The molecule has 0 bridgehead atoms. The molecule has 0 unspecified atom stereocenters. The maximum Gasteiger partial charge on any atom is 0.219 e. The minimum absolute atomic E-state index is 0. The summed E-state index contributed by atoms with van der Waals surface area (Å²) in [6.45, 7) is 1.03. The maximum atomic E-state index is 13.0. The van der Waals surface area contributed by atoms with Gasteiger partial charge in [0.25, 0.3) is 0 Å². The van der Waals surface area contributed by atoms with E-state index in [1.807, 2.05) is 6.07 Å². The standard InChI is InChI=1S/C21H20F2N4O.HI/c1-24-21(26-13-15-2-4-17(22)5-3-15)27-14-16-10-11-25-20(12-16)28-19-8-6-18(23)7-9-19;/h2-12H,13-14H2,1H3,(H2,24,26,27);1H. The van der Waals surface area contributed by atoms with E-state index in [9.17, 15) is 8.78 Å². The van der Waals surface area contributed by atoms with Crippen molar-refractivity contribution in [2.45, 2.75) is 13.1 Å². The van der Waals surface area contributed by atoms with Gasteiger partial charge in [0.15, 0.2) is 5.96 Å². The summed E-state index contributed by atoms with van der Waals surface area (Å²) >= 11 is 0. The van der Waals surface area contributed by atoms with Crippen LogP contribution in [0.4, 0.5) is 8.78 Å². The van der Waals surface area contributed by atoms with Gasteiger partial charge in [-0.1, -0.05) is 12.1 Å². The Morgan fingerprint density at radius 2 is 1.48 bits per heavy atom. The zero-order valence-electron chi connectivity index (χ0n) is 15.7. The Hall–Kier alpha value is -2.75. The van der Waals surface area contributed by atoms with E-state index >= 15 is 0 Å². The van der Waals surface area contributed by atoms with E-state index in [0.717, 1.165) is 11.1 Å². The smallest absolute Gasteiger partial charge is 0.219 e. The topological polar surface area (TPSA) is 58.5 Å². The number of pyridine rings is 1. The molecule has 0 aliphatic heterocycles. The van der Waals surface area contributed by atoms with E-state index < -0.39 is 0 Å². The third kappa shape index (κ3) is 7.30. The highest BCUT2D eigenvalue weighted by atomic mass is 127. The summed E-state index contributed by atoms with van der Waals surface area (Å²) in [5.74, 6) is 0.957. The highest BCUT2D eigenvalue weighted by Gasteiger charge is 2.03. The predicted octanol–water partition coefficient (Wildman–Crippen LogP) is 4.64. The van der Waals surface area contributed by atoms with E-state index in [4.69, 9.17) is 4.74 Å². The molecule has 29 heavy (non-hydrogen) atoms. The van der Waals surface area contributed by atoms with Gasteiger partial charge in [0.1, 0.15) is 17.4 Å². The molecule has 2 N–H and O–H groups in total. The molecule has 5 nitrogen and oxygen atoms in total. The second-order valence-electron chi connectivity index (χ2n) is 5.96. The lowest BCUT2D eigenvalue weighted by Crippen LogP contribution is -2.36. The molecule has 0 fully saturated rings. The molecule has 0 aliphatic carbocycles. The molecule has 1 aromatic heterocycles. The Balaban J connectivity index is 0.00000300. The number of aromatic nitrogens is 1. The Labute approximate surface area is 185 Å². The monoisotopic (exact) mass is 510 g/mol. The lowest BCUT2D eigenvalue weighted by Gasteiger charge is -2.12. The molecule has 3 rings (SSSR count). The Bertz CT molecular complexity index is 934. The van der Waals surface area contributed by atoms with Crippen LogP contribution in [0, 0.1) is 11.6 Å². The van der Waals surface area contributed by atoms with Crippen molar-refractivity contribution in [2.75, 3.05) is 7.05 Å². The van der Waals surface area contributed by atoms with Crippen LogP contribution >= 0.6 is 24.0 Å². The summed E-state index contributed by atoms with van der Waals surface area (Å²) in [4.78, 5) is 8.34. The number of nitrogens with zero attached hydrogens (tertiary/aromatic N) is 2. The minimum atomic E-state index is -0.322. The van der Waals surface area contributed by atoms with Crippen LogP contribution in [0.25, 0.3) is 0 Å². The van der Waals surface area contributed by atoms with Crippen molar-refractivity contribution in [3.8, 4) is 11.6 Å². The van der Waals surface area contributed by atoms with Crippen molar-refractivity contribution in [1.82, 2.24) is 15.6 Å². The van der Waals surface area contributed by atoms with Gasteiger partial charge >= 0.3 is 0 Å². The predicted molar refractivity (Wildman–Crippen MR) is 120 cm³/mol. The molecule has 0 saturated carbocycles. The molecular formula is C21H21F2IN4O. The van der Waals surface area contributed by atoms with Gasteiger partial charge in [0.05, 0.1) is 0 Å². The fraction of sp³-hybridized carbons (Fsp3) is 0.143. The largest absolute Gasteiger partial charge is 0.439 e. The van der Waals surface area contributed by atoms with Crippen molar-refractivity contribution in [3.05, 3.63) is 89.6 Å². The average Bonchev–Trinajstić information content (AvgIpc) is 2.71. The Morgan fingerprint density at radius 3 is 2.10 bits per heavy atom. The highest BCUT2D eigenvalue weighted by molar-refractivity contribution is 14.0. The number of ether oxygens (including phenoxy) is 1. The normalized spacial score (nSPS) is 10.8. The number of benzene rings is 2. The van der Waals surface area contributed by atoms with Crippen LogP contribution in [-0.2, 0) is 13.1 Å². The van der Waals surface area contributed by atoms with E-state index in [1.165, 1.54) is 24.3 Å². The number of halogens is 3. The zero-order chi connectivity index (χ0) is 19.8. The molecule has 0 aliphatic rings. The van der Waals surface area contributed by atoms with Crippen molar-refractivity contribution < 1.29 is 13.5 Å². The minimum Gasteiger partial charge on any atom is -0.439 e. The SMILES string of the molecule is CN=C(NCc1ccc(F)cc1)NCc1ccnc(Oc2ccc(F)cc2)c1.I. The summed E-state index contributed by atoms with van der Waals surface area (Å²) in [6, 6.07) is 15.7. The summed E-state index contributed by atoms with van der Waals surface area (Å²) in [5.41, 5.74) is 1.89. The van der Waals surface area contributed by atoms with Gasteiger partial charge in [-0.3, -0.25) is 4.99 Å². The third-order valence-electron chi connectivity index (χ3n) is 3.89. The van der Waals surface area contributed by atoms with Crippen LogP contribution in [0.1, 0.15) is 11.1 Å².